The first kappa shape index (κ1) is 13.6. The molecule has 1 heterocycles. The third kappa shape index (κ3) is 2.59. The Bertz CT molecular complexity index is 799. The third-order valence-electron chi connectivity index (χ3n) is 2.79. The molecular weight excluding hydrogens is 343 g/mol. The van der Waals surface area contributed by atoms with Crippen LogP contribution in [0.2, 0.25) is 0 Å². The van der Waals surface area contributed by atoms with Crippen molar-refractivity contribution < 1.29 is 19.1 Å². The fraction of sp³-hybridized carbons (Fsp3) is 0. The van der Waals surface area contributed by atoms with Crippen LogP contribution in [0, 0.1) is 5.82 Å². The van der Waals surface area contributed by atoms with Crippen molar-refractivity contribution in [1.29, 1.82) is 0 Å². The normalized spacial score (nSPS) is 10.8. The number of phenolic OH excluding ortho intramolecular Hbond substituents is 2. The molecule has 0 bridgehead atoms. The SMILES string of the molecule is Oc1cccc(-c2nc(-c3cc(F)cc(Br)c3)no2)c1O. The lowest BCUT2D eigenvalue weighted by atomic mass is 10.2. The van der Waals surface area contributed by atoms with Crippen molar-refractivity contribution in [2.75, 3.05) is 0 Å². The quantitative estimate of drug-likeness (QED) is 0.688. The molecule has 0 aliphatic rings. The fourth-order valence-electron chi connectivity index (χ4n) is 1.84. The van der Waals surface area contributed by atoms with Gasteiger partial charge in [-0.3, -0.25) is 0 Å². The Kier molecular flexibility index (Phi) is 3.34. The van der Waals surface area contributed by atoms with E-state index in [0.29, 0.717) is 10.0 Å². The monoisotopic (exact) mass is 350 g/mol. The molecule has 1 aromatic heterocycles. The number of benzene rings is 2. The molecule has 106 valence electrons. The van der Waals surface area contributed by atoms with Crippen molar-refractivity contribution in [2.24, 2.45) is 0 Å². The molecule has 0 atom stereocenters. The summed E-state index contributed by atoms with van der Waals surface area (Å²) < 4.78 is 19.0. The Balaban J connectivity index is 2.06. The lowest BCUT2D eigenvalue weighted by Crippen LogP contribution is -1.84. The van der Waals surface area contributed by atoms with E-state index in [1.807, 2.05) is 0 Å². The summed E-state index contributed by atoms with van der Waals surface area (Å²) in [7, 11) is 0. The van der Waals surface area contributed by atoms with Gasteiger partial charge in [0.25, 0.3) is 5.89 Å². The van der Waals surface area contributed by atoms with Crippen molar-refractivity contribution in [2.45, 2.75) is 0 Å². The van der Waals surface area contributed by atoms with Crippen molar-refractivity contribution in [1.82, 2.24) is 10.1 Å². The summed E-state index contributed by atoms with van der Waals surface area (Å²) in [5.74, 6) is -0.883. The highest BCUT2D eigenvalue weighted by Gasteiger charge is 2.16. The molecule has 0 unspecified atom stereocenters. The van der Waals surface area contributed by atoms with Crippen LogP contribution in [0.4, 0.5) is 4.39 Å². The zero-order valence-corrected chi connectivity index (χ0v) is 12.0. The summed E-state index contributed by atoms with van der Waals surface area (Å²) in [6.45, 7) is 0. The van der Waals surface area contributed by atoms with Crippen LogP contribution in [0.3, 0.4) is 0 Å². The first-order valence-electron chi connectivity index (χ1n) is 5.86. The van der Waals surface area contributed by atoms with E-state index in [9.17, 15) is 14.6 Å². The molecule has 2 aromatic carbocycles. The number of aromatic nitrogens is 2. The predicted molar refractivity (Wildman–Crippen MR) is 76.2 cm³/mol. The van der Waals surface area contributed by atoms with Crippen LogP contribution in [0.5, 0.6) is 11.5 Å². The number of aromatic hydroxyl groups is 2. The maximum atomic E-state index is 13.4. The summed E-state index contributed by atoms with van der Waals surface area (Å²) in [5, 5.41) is 23.0. The molecule has 0 amide bonds. The van der Waals surface area contributed by atoms with Crippen LogP contribution in [0.1, 0.15) is 0 Å². The molecule has 21 heavy (non-hydrogen) atoms. The number of rotatable bonds is 2. The first-order chi connectivity index (χ1) is 10.0. The van der Waals surface area contributed by atoms with E-state index in [1.54, 1.807) is 6.07 Å². The molecule has 3 aromatic rings. The number of hydrogen-bond acceptors (Lipinski definition) is 5. The van der Waals surface area contributed by atoms with E-state index >= 15 is 0 Å². The van der Waals surface area contributed by atoms with E-state index in [-0.39, 0.29) is 28.8 Å². The zero-order valence-electron chi connectivity index (χ0n) is 10.4. The smallest absolute Gasteiger partial charge is 0.262 e. The zero-order chi connectivity index (χ0) is 15.0. The highest BCUT2D eigenvalue weighted by molar-refractivity contribution is 9.10. The molecule has 0 spiro atoms. The largest absolute Gasteiger partial charge is 0.504 e. The van der Waals surface area contributed by atoms with Crippen LogP contribution in [0.25, 0.3) is 22.8 Å². The first-order valence-corrected chi connectivity index (χ1v) is 6.65. The lowest BCUT2D eigenvalue weighted by molar-refractivity contribution is 0.397. The van der Waals surface area contributed by atoms with Crippen molar-refractivity contribution in [3.63, 3.8) is 0 Å². The summed E-state index contributed by atoms with van der Waals surface area (Å²) in [6.07, 6.45) is 0. The molecule has 0 saturated carbocycles. The second kappa shape index (κ2) is 5.17. The summed E-state index contributed by atoms with van der Waals surface area (Å²) in [5.41, 5.74) is 0.626. The van der Waals surface area contributed by atoms with Gasteiger partial charge in [0.15, 0.2) is 11.5 Å². The molecule has 0 fully saturated rings. The summed E-state index contributed by atoms with van der Waals surface area (Å²) >= 11 is 3.18. The van der Waals surface area contributed by atoms with E-state index in [0.717, 1.165) is 0 Å². The lowest BCUT2D eigenvalue weighted by Gasteiger charge is -2.00. The second-order valence-electron chi connectivity index (χ2n) is 4.25. The van der Waals surface area contributed by atoms with Gasteiger partial charge in [0.1, 0.15) is 5.82 Å². The molecule has 0 saturated heterocycles. The Hall–Kier alpha value is -2.41. The Labute approximate surface area is 126 Å². The standard InChI is InChI=1S/C14H8BrFN2O3/c15-8-4-7(5-9(16)6-8)13-17-14(21-18-13)10-2-1-3-11(19)12(10)20/h1-6,19-20H. The molecule has 5 nitrogen and oxygen atoms in total. The average Bonchev–Trinajstić information content (AvgIpc) is 2.90. The van der Waals surface area contributed by atoms with Gasteiger partial charge < -0.3 is 14.7 Å². The van der Waals surface area contributed by atoms with E-state index < -0.39 is 5.82 Å². The van der Waals surface area contributed by atoms with E-state index in [2.05, 4.69) is 26.1 Å². The number of para-hydroxylation sites is 1. The minimum atomic E-state index is -0.439. The van der Waals surface area contributed by atoms with Gasteiger partial charge in [0.2, 0.25) is 5.82 Å². The van der Waals surface area contributed by atoms with Gasteiger partial charge in [-0.1, -0.05) is 27.2 Å². The van der Waals surface area contributed by atoms with Gasteiger partial charge in [0.05, 0.1) is 5.56 Å². The Morgan fingerprint density at radius 1 is 1.14 bits per heavy atom. The van der Waals surface area contributed by atoms with Crippen molar-refractivity contribution in [3.05, 3.63) is 46.7 Å². The van der Waals surface area contributed by atoms with Gasteiger partial charge in [-0.15, -0.1) is 0 Å². The minimum absolute atomic E-state index is 0.0267. The van der Waals surface area contributed by atoms with Gasteiger partial charge in [-0.05, 0) is 30.3 Å². The highest BCUT2D eigenvalue weighted by Crippen LogP contribution is 2.36. The molecule has 0 aliphatic heterocycles. The van der Waals surface area contributed by atoms with Crippen LogP contribution >= 0.6 is 15.9 Å². The highest BCUT2D eigenvalue weighted by atomic mass is 79.9. The van der Waals surface area contributed by atoms with Crippen LogP contribution < -0.4 is 0 Å². The summed E-state index contributed by atoms with van der Waals surface area (Å²) in [6, 6.07) is 8.61. The molecule has 0 radical (unpaired) electrons. The van der Waals surface area contributed by atoms with Crippen molar-refractivity contribution in [3.8, 4) is 34.3 Å². The summed E-state index contributed by atoms with van der Waals surface area (Å²) in [4.78, 5) is 4.10. The number of hydrogen-bond donors (Lipinski definition) is 2. The number of halogens is 2. The molecule has 0 aliphatic carbocycles. The fourth-order valence-corrected chi connectivity index (χ4v) is 2.30. The predicted octanol–water partition coefficient (Wildman–Crippen LogP) is 3.72. The van der Waals surface area contributed by atoms with Crippen molar-refractivity contribution >= 4 is 15.9 Å². The molecule has 2 N–H and O–H groups in total. The van der Waals surface area contributed by atoms with E-state index in [1.165, 1.54) is 30.3 Å². The van der Waals surface area contributed by atoms with Crippen LogP contribution in [-0.4, -0.2) is 20.4 Å². The number of phenols is 2. The van der Waals surface area contributed by atoms with Gasteiger partial charge in [0, 0.05) is 10.0 Å². The topological polar surface area (TPSA) is 79.4 Å². The minimum Gasteiger partial charge on any atom is -0.504 e. The molecule has 7 heteroatoms. The van der Waals surface area contributed by atoms with E-state index in [4.69, 9.17) is 4.52 Å². The Morgan fingerprint density at radius 2 is 1.95 bits per heavy atom. The molecule has 3 rings (SSSR count). The second-order valence-corrected chi connectivity index (χ2v) is 5.17. The Morgan fingerprint density at radius 3 is 2.71 bits per heavy atom. The van der Waals surface area contributed by atoms with Gasteiger partial charge in [-0.25, -0.2) is 4.39 Å². The van der Waals surface area contributed by atoms with Crippen LogP contribution in [0.15, 0.2) is 45.4 Å². The average molecular weight is 351 g/mol. The molecular formula is C14H8BrFN2O3. The maximum Gasteiger partial charge on any atom is 0.262 e. The van der Waals surface area contributed by atoms with Gasteiger partial charge >= 0.3 is 0 Å². The third-order valence-corrected chi connectivity index (χ3v) is 3.25. The van der Waals surface area contributed by atoms with Gasteiger partial charge in [-0.2, -0.15) is 4.98 Å². The maximum absolute atomic E-state index is 13.4. The number of nitrogens with zero attached hydrogens (tertiary/aromatic N) is 2. The van der Waals surface area contributed by atoms with Crippen LogP contribution in [-0.2, 0) is 0 Å².